The molecule has 4 rings (SSSR count). The summed E-state index contributed by atoms with van der Waals surface area (Å²) in [5.74, 6) is 4.08. The normalized spacial score (nSPS) is 42.6. The van der Waals surface area contributed by atoms with Gasteiger partial charge in [0.2, 0.25) is 5.91 Å². The van der Waals surface area contributed by atoms with Crippen molar-refractivity contribution in [1.29, 1.82) is 0 Å². The summed E-state index contributed by atoms with van der Waals surface area (Å²) in [4.78, 5) is 11.6. The van der Waals surface area contributed by atoms with E-state index in [2.05, 4.69) is 38.5 Å². The molecule has 3 aliphatic carbocycles. The predicted molar refractivity (Wildman–Crippen MR) is 136 cm³/mol. The Morgan fingerprint density at radius 1 is 1.18 bits per heavy atom. The van der Waals surface area contributed by atoms with Gasteiger partial charge >= 0.3 is 0 Å². The zero-order valence-corrected chi connectivity index (χ0v) is 22.1. The Labute approximate surface area is 203 Å². The molecule has 2 N–H and O–H groups in total. The van der Waals surface area contributed by atoms with E-state index in [-0.39, 0.29) is 5.91 Å². The third-order valence-corrected chi connectivity index (χ3v) is 10.1. The molecule has 0 bridgehead atoms. The highest BCUT2D eigenvalue weighted by atomic mass is 16.5. The average Bonchev–Trinajstić information content (AvgIpc) is 3.14. The fourth-order valence-electron chi connectivity index (χ4n) is 8.47. The number of hydrogen-bond acceptors (Lipinski definition) is 3. The topological polar surface area (TPSA) is 50.4 Å². The molecule has 0 radical (unpaired) electrons. The van der Waals surface area contributed by atoms with E-state index in [4.69, 9.17) is 4.74 Å². The molecule has 0 saturated heterocycles. The second-order valence-corrected chi connectivity index (χ2v) is 12.5. The molecule has 188 valence electrons. The second kappa shape index (κ2) is 10.8. The van der Waals surface area contributed by atoms with E-state index >= 15 is 0 Å². The van der Waals surface area contributed by atoms with Crippen molar-refractivity contribution >= 4 is 5.91 Å². The fourth-order valence-corrected chi connectivity index (χ4v) is 8.47. The molecule has 33 heavy (non-hydrogen) atoms. The van der Waals surface area contributed by atoms with Crippen molar-refractivity contribution in [3.8, 4) is 0 Å². The van der Waals surface area contributed by atoms with Gasteiger partial charge in [-0.05, 0) is 119 Å². The van der Waals surface area contributed by atoms with Gasteiger partial charge in [-0.1, -0.05) is 32.3 Å². The third kappa shape index (κ3) is 5.53. The molecule has 0 aromatic heterocycles. The fraction of sp³-hybridized carbons (Fsp3) is 0.897. The zero-order valence-electron chi connectivity index (χ0n) is 22.1. The quantitative estimate of drug-likeness (QED) is 0.507. The summed E-state index contributed by atoms with van der Waals surface area (Å²) < 4.78 is 6.57. The molecule has 3 saturated carbocycles. The molecular formula is C29H50N2O2. The lowest BCUT2D eigenvalue weighted by atomic mass is 9.52. The molecule has 0 aromatic carbocycles. The maximum absolute atomic E-state index is 11.6. The maximum atomic E-state index is 11.6. The molecule has 8 atom stereocenters. The highest BCUT2D eigenvalue weighted by Crippen LogP contribution is 2.63. The van der Waals surface area contributed by atoms with Crippen LogP contribution in [0.3, 0.4) is 0 Å². The van der Waals surface area contributed by atoms with Crippen molar-refractivity contribution in [3.05, 3.63) is 11.1 Å². The van der Waals surface area contributed by atoms with Crippen molar-refractivity contribution in [2.75, 3.05) is 20.2 Å². The summed E-state index contributed by atoms with van der Waals surface area (Å²) in [5.41, 5.74) is 3.78. The Balaban J connectivity index is 1.47. The highest BCUT2D eigenvalue weighted by molar-refractivity contribution is 5.73. The first-order chi connectivity index (χ1) is 15.8. The van der Waals surface area contributed by atoms with Gasteiger partial charge in [0.25, 0.3) is 0 Å². The monoisotopic (exact) mass is 458 g/mol. The summed E-state index contributed by atoms with van der Waals surface area (Å²) >= 11 is 0. The van der Waals surface area contributed by atoms with Crippen LogP contribution in [0.4, 0.5) is 0 Å². The Bertz CT molecular complexity index is 718. The lowest BCUT2D eigenvalue weighted by Crippen LogP contribution is -2.50. The third-order valence-electron chi connectivity index (χ3n) is 10.1. The first-order valence-electron chi connectivity index (χ1n) is 14.0. The number of amides is 1. The zero-order chi connectivity index (χ0) is 23.6. The van der Waals surface area contributed by atoms with Gasteiger partial charge in [-0.25, -0.2) is 0 Å². The minimum Gasteiger partial charge on any atom is -0.374 e. The van der Waals surface area contributed by atoms with Crippen molar-refractivity contribution in [2.24, 2.45) is 35.0 Å². The summed E-state index contributed by atoms with van der Waals surface area (Å²) in [5, 5.41) is 6.56. The highest BCUT2D eigenvalue weighted by Gasteiger charge is 2.55. The van der Waals surface area contributed by atoms with Crippen LogP contribution in [0.2, 0.25) is 0 Å². The van der Waals surface area contributed by atoms with Crippen LogP contribution in [-0.2, 0) is 9.53 Å². The summed E-state index contributed by atoms with van der Waals surface area (Å²) in [7, 11) is 2.05. The van der Waals surface area contributed by atoms with E-state index in [9.17, 15) is 4.79 Å². The van der Waals surface area contributed by atoms with E-state index in [1.54, 1.807) is 18.1 Å². The second-order valence-electron chi connectivity index (χ2n) is 12.5. The van der Waals surface area contributed by atoms with Gasteiger partial charge in [0.05, 0.1) is 12.7 Å². The van der Waals surface area contributed by atoms with Crippen molar-refractivity contribution in [2.45, 2.75) is 110 Å². The van der Waals surface area contributed by atoms with Crippen LogP contribution in [0.25, 0.3) is 0 Å². The molecule has 1 heterocycles. The van der Waals surface area contributed by atoms with E-state index < -0.39 is 0 Å². The molecule has 1 aliphatic heterocycles. The Kier molecular flexibility index (Phi) is 8.26. The van der Waals surface area contributed by atoms with Crippen LogP contribution in [-0.4, -0.2) is 38.3 Å². The van der Waals surface area contributed by atoms with Crippen LogP contribution < -0.4 is 10.6 Å². The van der Waals surface area contributed by atoms with Crippen LogP contribution in [0.1, 0.15) is 98.3 Å². The van der Waals surface area contributed by atoms with Crippen LogP contribution >= 0.6 is 0 Å². The summed E-state index contributed by atoms with van der Waals surface area (Å²) in [6.45, 7) is 10.9. The van der Waals surface area contributed by atoms with Crippen LogP contribution in [0.15, 0.2) is 11.1 Å². The van der Waals surface area contributed by atoms with Gasteiger partial charge in [0.1, 0.15) is 0 Å². The first-order valence-corrected chi connectivity index (χ1v) is 14.0. The van der Waals surface area contributed by atoms with Gasteiger partial charge in [-0.2, -0.15) is 0 Å². The molecule has 0 unspecified atom stereocenters. The Hall–Kier alpha value is -0.870. The van der Waals surface area contributed by atoms with Crippen LogP contribution in [0, 0.1) is 35.0 Å². The summed E-state index contributed by atoms with van der Waals surface area (Å²) in [6, 6.07) is 0.399. The molecule has 1 amide bonds. The van der Waals surface area contributed by atoms with E-state index in [1.807, 2.05) is 0 Å². The number of carbonyl (C=O) groups is 1. The smallest absolute Gasteiger partial charge is 0.217 e. The maximum Gasteiger partial charge on any atom is 0.217 e. The lowest BCUT2D eigenvalue weighted by Gasteiger charge is -2.54. The van der Waals surface area contributed by atoms with Gasteiger partial charge in [0.15, 0.2) is 0 Å². The number of nitrogens with one attached hydrogen (secondary N) is 2. The van der Waals surface area contributed by atoms with Gasteiger partial charge in [-0.3, -0.25) is 4.79 Å². The van der Waals surface area contributed by atoms with Gasteiger partial charge in [0, 0.05) is 13.0 Å². The number of ether oxygens (including phenoxy) is 1. The van der Waals surface area contributed by atoms with Gasteiger partial charge in [-0.15, -0.1) is 0 Å². The molecule has 4 nitrogen and oxygen atoms in total. The van der Waals surface area contributed by atoms with E-state index in [0.717, 1.165) is 43.2 Å². The average molecular weight is 459 g/mol. The largest absolute Gasteiger partial charge is 0.374 e. The predicted octanol–water partition coefficient (Wildman–Crippen LogP) is 5.86. The van der Waals surface area contributed by atoms with Crippen LogP contribution in [0.5, 0.6) is 0 Å². The molecular weight excluding hydrogens is 408 g/mol. The Morgan fingerprint density at radius 2 is 1.97 bits per heavy atom. The lowest BCUT2D eigenvalue weighted by molar-refractivity contribution is -0.121. The van der Waals surface area contributed by atoms with E-state index in [1.165, 1.54) is 64.2 Å². The number of fused-ring (bicyclic) bond motifs is 5. The van der Waals surface area contributed by atoms with Gasteiger partial charge < -0.3 is 15.4 Å². The SMILES string of the molecule is CNC[C@@H](C)C[C@@H]1CCCC[C@@H]2/C(=C(/C)CO1)C[C@H]1[C@H]2CC[C@@H]2C[C@H](NC(C)=O)CC[C@@]21C. The Morgan fingerprint density at radius 3 is 2.73 bits per heavy atom. The molecule has 0 aromatic rings. The number of rotatable bonds is 5. The van der Waals surface area contributed by atoms with Crippen molar-refractivity contribution in [3.63, 3.8) is 0 Å². The number of hydrogen-bond donors (Lipinski definition) is 2. The minimum atomic E-state index is 0.142. The molecule has 3 fully saturated rings. The van der Waals surface area contributed by atoms with E-state index in [0.29, 0.717) is 23.5 Å². The number of carbonyl (C=O) groups excluding carboxylic acids is 1. The first kappa shape index (κ1) is 25.2. The molecule has 4 aliphatic rings. The standard InChI is InChI=1S/C29H50N2O2/c1-19(17-30-5)14-24-8-6-7-9-25-26-11-10-22-15-23(31-21(3)32)12-13-29(22,4)28(26)16-27(25)20(2)18-33-24/h19,22-26,28,30H,6-18H2,1-5H3,(H,31,32)/b27-20-/t19-,22+,23+,24-,25-,26-,28-,29-/m0/s1. The van der Waals surface area contributed by atoms with Crippen molar-refractivity contribution in [1.82, 2.24) is 10.6 Å². The molecule has 4 heteroatoms. The minimum absolute atomic E-state index is 0.142. The van der Waals surface area contributed by atoms with Crippen molar-refractivity contribution < 1.29 is 9.53 Å². The summed E-state index contributed by atoms with van der Waals surface area (Å²) in [6.07, 6.45) is 14.6. The number of allylic oxidation sites excluding steroid dienone is 1. The molecule has 0 spiro atoms.